The summed E-state index contributed by atoms with van der Waals surface area (Å²) in [6, 6.07) is 6.35. The van der Waals surface area contributed by atoms with Crippen LogP contribution in [0.4, 0.5) is 5.69 Å². The largest absolute Gasteiger partial charge is 0.315 e. The van der Waals surface area contributed by atoms with E-state index in [1.54, 1.807) is 4.90 Å². The number of carbonyl (C=O) groups is 1. The molecule has 0 radical (unpaired) electrons. The second kappa shape index (κ2) is 3.09. The summed E-state index contributed by atoms with van der Waals surface area (Å²) in [7, 11) is 1.85. The molecular weight excluding hydrogens is 186 g/mol. The first-order valence-corrected chi connectivity index (χ1v) is 5.29. The van der Waals surface area contributed by atoms with Crippen molar-refractivity contribution in [3.8, 4) is 0 Å². The fourth-order valence-electron chi connectivity index (χ4n) is 1.91. The smallest absolute Gasteiger partial charge is 0.231 e. The SMILES string of the molecule is CN1C(=O)Cc2ccc(C(C)(C)C)cc21. The Labute approximate surface area is 90.9 Å². The molecule has 1 amide bonds. The fraction of sp³-hybridized carbons (Fsp3) is 0.462. The molecule has 1 heterocycles. The molecule has 0 aromatic heterocycles. The van der Waals surface area contributed by atoms with Gasteiger partial charge < -0.3 is 4.90 Å². The number of anilines is 1. The van der Waals surface area contributed by atoms with Crippen LogP contribution >= 0.6 is 0 Å². The molecule has 0 aliphatic carbocycles. The number of amides is 1. The minimum Gasteiger partial charge on any atom is -0.315 e. The van der Waals surface area contributed by atoms with Crippen molar-refractivity contribution in [1.82, 2.24) is 0 Å². The van der Waals surface area contributed by atoms with Crippen LogP contribution in [0.2, 0.25) is 0 Å². The molecule has 0 atom stereocenters. The third-order valence-corrected chi connectivity index (χ3v) is 3.03. The Bertz CT molecular complexity index is 415. The molecule has 0 N–H and O–H groups in total. The summed E-state index contributed by atoms with van der Waals surface area (Å²) >= 11 is 0. The molecule has 1 aliphatic heterocycles. The first kappa shape index (κ1) is 10.2. The zero-order valence-corrected chi connectivity index (χ0v) is 9.79. The lowest BCUT2D eigenvalue weighted by Crippen LogP contribution is -2.21. The van der Waals surface area contributed by atoms with Crippen LogP contribution in [0.3, 0.4) is 0 Å². The van der Waals surface area contributed by atoms with Crippen LogP contribution in [0, 0.1) is 0 Å². The van der Waals surface area contributed by atoms with Crippen LogP contribution < -0.4 is 4.90 Å². The van der Waals surface area contributed by atoms with E-state index in [2.05, 4.69) is 39.0 Å². The molecule has 1 aromatic carbocycles. The number of likely N-dealkylation sites (N-methyl/N-ethyl adjacent to an activating group) is 1. The first-order valence-electron chi connectivity index (χ1n) is 5.29. The average molecular weight is 203 g/mol. The topological polar surface area (TPSA) is 20.3 Å². The zero-order valence-electron chi connectivity index (χ0n) is 9.79. The van der Waals surface area contributed by atoms with E-state index in [1.807, 2.05) is 7.05 Å². The summed E-state index contributed by atoms with van der Waals surface area (Å²) in [6.07, 6.45) is 0.552. The van der Waals surface area contributed by atoms with Gasteiger partial charge in [-0.15, -0.1) is 0 Å². The van der Waals surface area contributed by atoms with Gasteiger partial charge in [0.25, 0.3) is 0 Å². The van der Waals surface area contributed by atoms with Crippen LogP contribution in [0.15, 0.2) is 18.2 Å². The van der Waals surface area contributed by atoms with Gasteiger partial charge >= 0.3 is 0 Å². The Morgan fingerprint density at radius 1 is 1.27 bits per heavy atom. The lowest BCUT2D eigenvalue weighted by molar-refractivity contribution is -0.117. The summed E-state index contributed by atoms with van der Waals surface area (Å²) < 4.78 is 0. The molecule has 1 aliphatic rings. The van der Waals surface area contributed by atoms with E-state index in [-0.39, 0.29) is 11.3 Å². The van der Waals surface area contributed by atoms with Crippen molar-refractivity contribution in [3.63, 3.8) is 0 Å². The molecule has 80 valence electrons. The van der Waals surface area contributed by atoms with E-state index in [0.717, 1.165) is 11.3 Å². The van der Waals surface area contributed by atoms with Crippen LogP contribution in [-0.4, -0.2) is 13.0 Å². The summed E-state index contributed by atoms with van der Waals surface area (Å²) in [5.74, 6) is 0.191. The van der Waals surface area contributed by atoms with Crippen LogP contribution in [0.1, 0.15) is 31.9 Å². The Balaban J connectivity index is 2.49. The van der Waals surface area contributed by atoms with E-state index >= 15 is 0 Å². The van der Waals surface area contributed by atoms with Gasteiger partial charge in [0.2, 0.25) is 5.91 Å². The highest BCUT2D eigenvalue weighted by molar-refractivity contribution is 6.01. The number of hydrogen-bond acceptors (Lipinski definition) is 1. The molecule has 0 fully saturated rings. The maximum absolute atomic E-state index is 11.5. The van der Waals surface area contributed by atoms with Gasteiger partial charge in [-0.25, -0.2) is 0 Å². The molecule has 1 aromatic rings. The third-order valence-electron chi connectivity index (χ3n) is 3.03. The summed E-state index contributed by atoms with van der Waals surface area (Å²) in [5, 5.41) is 0. The number of benzene rings is 1. The maximum Gasteiger partial charge on any atom is 0.231 e. The number of fused-ring (bicyclic) bond motifs is 1. The number of hydrogen-bond donors (Lipinski definition) is 0. The average Bonchev–Trinajstić information content (AvgIpc) is 2.41. The quantitative estimate of drug-likeness (QED) is 0.634. The zero-order chi connectivity index (χ0) is 11.2. The molecule has 0 saturated carbocycles. The van der Waals surface area contributed by atoms with E-state index < -0.39 is 0 Å². The van der Waals surface area contributed by atoms with E-state index in [0.29, 0.717) is 6.42 Å². The van der Waals surface area contributed by atoms with Gasteiger partial charge in [-0.2, -0.15) is 0 Å². The molecule has 0 bridgehead atoms. The number of carbonyl (C=O) groups excluding carboxylic acids is 1. The molecule has 0 unspecified atom stereocenters. The van der Waals surface area contributed by atoms with E-state index in [1.165, 1.54) is 5.56 Å². The highest BCUT2D eigenvalue weighted by Crippen LogP contribution is 2.32. The Hall–Kier alpha value is -1.31. The molecule has 2 rings (SSSR count). The van der Waals surface area contributed by atoms with Crippen molar-refractivity contribution in [2.45, 2.75) is 32.6 Å². The highest BCUT2D eigenvalue weighted by atomic mass is 16.2. The molecule has 0 spiro atoms. The Kier molecular flexibility index (Phi) is 2.10. The Morgan fingerprint density at radius 3 is 2.53 bits per heavy atom. The maximum atomic E-state index is 11.5. The third kappa shape index (κ3) is 1.65. The van der Waals surface area contributed by atoms with Gasteiger partial charge in [-0.3, -0.25) is 4.79 Å². The predicted octanol–water partition coefficient (Wildman–Crippen LogP) is 2.50. The minimum absolute atomic E-state index is 0.140. The van der Waals surface area contributed by atoms with Crippen molar-refractivity contribution in [2.75, 3.05) is 11.9 Å². The predicted molar refractivity (Wildman–Crippen MR) is 62.3 cm³/mol. The molecule has 0 saturated heterocycles. The van der Waals surface area contributed by atoms with Crippen LogP contribution in [-0.2, 0) is 16.6 Å². The summed E-state index contributed by atoms with van der Waals surface area (Å²) in [6.45, 7) is 6.56. The second-order valence-corrected chi connectivity index (χ2v) is 5.22. The van der Waals surface area contributed by atoms with Crippen molar-refractivity contribution in [1.29, 1.82) is 0 Å². The molecular formula is C13H17NO. The monoisotopic (exact) mass is 203 g/mol. The van der Waals surface area contributed by atoms with Gasteiger partial charge in [0.15, 0.2) is 0 Å². The van der Waals surface area contributed by atoms with Crippen LogP contribution in [0.5, 0.6) is 0 Å². The van der Waals surface area contributed by atoms with Crippen LogP contribution in [0.25, 0.3) is 0 Å². The molecule has 2 nitrogen and oxygen atoms in total. The number of rotatable bonds is 0. The molecule has 2 heteroatoms. The summed E-state index contributed by atoms with van der Waals surface area (Å²) in [4.78, 5) is 13.3. The number of nitrogens with zero attached hydrogens (tertiary/aromatic N) is 1. The minimum atomic E-state index is 0.140. The second-order valence-electron chi connectivity index (χ2n) is 5.22. The lowest BCUT2D eigenvalue weighted by atomic mass is 9.86. The lowest BCUT2D eigenvalue weighted by Gasteiger charge is -2.21. The van der Waals surface area contributed by atoms with Crippen molar-refractivity contribution >= 4 is 11.6 Å². The normalized spacial score (nSPS) is 15.7. The van der Waals surface area contributed by atoms with Gasteiger partial charge in [-0.05, 0) is 22.6 Å². The van der Waals surface area contributed by atoms with Crippen molar-refractivity contribution < 1.29 is 4.79 Å². The summed E-state index contributed by atoms with van der Waals surface area (Å²) in [5.41, 5.74) is 3.65. The standard InChI is InChI=1S/C13H17NO/c1-13(2,3)10-6-5-9-7-12(15)14(4)11(9)8-10/h5-6,8H,7H2,1-4H3. The highest BCUT2D eigenvalue weighted by Gasteiger charge is 2.25. The van der Waals surface area contributed by atoms with Gasteiger partial charge in [0.1, 0.15) is 0 Å². The van der Waals surface area contributed by atoms with Gasteiger partial charge in [0.05, 0.1) is 6.42 Å². The van der Waals surface area contributed by atoms with Crippen molar-refractivity contribution in [3.05, 3.63) is 29.3 Å². The fourth-order valence-corrected chi connectivity index (χ4v) is 1.91. The molecule has 15 heavy (non-hydrogen) atoms. The van der Waals surface area contributed by atoms with Gasteiger partial charge in [0, 0.05) is 12.7 Å². The first-order chi connectivity index (χ1) is 6.89. The van der Waals surface area contributed by atoms with Crippen molar-refractivity contribution in [2.24, 2.45) is 0 Å². The van der Waals surface area contributed by atoms with Gasteiger partial charge in [-0.1, -0.05) is 32.9 Å². The van der Waals surface area contributed by atoms with E-state index in [4.69, 9.17) is 0 Å². The van der Waals surface area contributed by atoms with E-state index in [9.17, 15) is 4.79 Å². The Morgan fingerprint density at radius 2 is 1.93 bits per heavy atom.